The summed E-state index contributed by atoms with van der Waals surface area (Å²) in [4.78, 5) is 0. The monoisotopic (exact) mass is 318 g/mol. The summed E-state index contributed by atoms with van der Waals surface area (Å²) < 4.78 is 0. The van der Waals surface area contributed by atoms with Crippen molar-refractivity contribution in [3.05, 3.63) is 77.4 Å². The van der Waals surface area contributed by atoms with Crippen molar-refractivity contribution in [2.45, 2.75) is 26.7 Å². The van der Waals surface area contributed by atoms with E-state index < -0.39 is 0 Å². The molecule has 0 heterocycles. The Kier molecular flexibility index (Phi) is 4.86. The molecule has 1 aliphatic rings. The molecule has 0 aromatic heterocycles. The number of nitrogens with one attached hydrogen (secondary N) is 1. The summed E-state index contributed by atoms with van der Waals surface area (Å²) in [7, 11) is 1.99. The average Bonchev–Trinajstić information content (AvgIpc) is 2.67. The van der Waals surface area contributed by atoms with Crippen LogP contribution in [0.2, 0.25) is 0 Å². The van der Waals surface area contributed by atoms with Crippen molar-refractivity contribution in [2.24, 2.45) is 0 Å². The van der Waals surface area contributed by atoms with Crippen LogP contribution in [0.5, 0.6) is 0 Å². The number of allylic oxidation sites excluding steroid dienone is 2. The number of nitrogens with zero attached hydrogens (tertiary/aromatic N) is 1. The highest BCUT2D eigenvalue weighted by Gasteiger charge is 2.21. The van der Waals surface area contributed by atoms with Crippen LogP contribution in [0.3, 0.4) is 0 Å². The lowest BCUT2D eigenvalue weighted by atomic mass is 9.94. The van der Waals surface area contributed by atoms with E-state index in [1.807, 2.05) is 7.05 Å². The second-order valence-electron chi connectivity index (χ2n) is 6.25. The molecule has 1 aliphatic carbocycles. The molecule has 0 amide bonds. The summed E-state index contributed by atoms with van der Waals surface area (Å²) in [5.41, 5.74) is 12.4. The quantitative estimate of drug-likeness (QED) is 0.802. The molecular formula is C22H26N2. The van der Waals surface area contributed by atoms with Gasteiger partial charge in [0.1, 0.15) is 0 Å². The highest BCUT2D eigenvalue weighted by atomic mass is 15.5. The first-order valence-corrected chi connectivity index (χ1v) is 8.69. The van der Waals surface area contributed by atoms with Gasteiger partial charge in [-0.2, -0.15) is 0 Å². The summed E-state index contributed by atoms with van der Waals surface area (Å²) in [5.74, 6) is 0. The van der Waals surface area contributed by atoms with Crippen LogP contribution in [0.1, 0.15) is 42.5 Å². The number of hydrogen-bond donors (Lipinski definition) is 1. The topological polar surface area (TPSA) is 15.3 Å². The van der Waals surface area contributed by atoms with E-state index in [9.17, 15) is 0 Å². The minimum absolute atomic E-state index is 0.895. The number of hydrazine groups is 1. The maximum absolute atomic E-state index is 4.38. The molecule has 124 valence electrons. The molecule has 0 aliphatic heterocycles. The van der Waals surface area contributed by atoms with Crippen LogP contribution in [0.15, 0.2) is 55.1 Å². The van der Waals surface area contributed by atoms with Crippen LogP contribution < -0.4 is 5.43 Å². The Balaban J connectivity index is 2.35. The van der Waals surface area contributed by atoms with E-state index in [4.69, 9.17) is 0 Å². The van der Waals surface area contributed by atoms with Crippen LogP contribution in [0.4, 0.5) is 0 Å². The predicted octanol–water partition coefficient (Wildman–Crippen LogP) is 4.99. The number of hydrogen-bond acceptors (Lipinski definition) is 2. The maximum atomic E-state index is 4.38. The summed E-state index contributed by atoms with van der Waals surface area (Å²) >= 11 is 0. The molecule has 2 aromatic carbocycles. The summed E-state index contributed by atoms with van der Waals surface area (Å²) in [5, 5.41) is 2.23. The number of fused-ring (bicyclic) bond motifs is 2. The van der Waals surface area contributed by atoms with Gasteiger partial charge < -0.3 is 5.01 Å². The van der Waals surface area contributed by atoms with Crippen LogP contribution in [-0.4, -0.2) is 18.6 Å². The minimum Gasteiger partial charge on any atom is -0.308 e. The highest BCUT2D eigenvalue weighted by molar-refractivity contribution is 5.93. The predicted molar refractivity (Wildman–Crippen MR) is 104 cm³/mol. The van der Waals surface area contributed by atoms with E-state index in [0.717, 1.165) is 19.4 Å². The normalized spacial score (nSPS) is 17.4. The molecule has 0 atom stereocenters. The third-order valence-corrected chi connectivity index (χ3v) is 4.89. The fraction of sp³-hybridized carbons (Fsp3) is 0.273. The fourth-order valence-corrected chi connectivity index (χ4v) is 3.63. The molecule has 24 heavy (non-hydrogen) atoms. The lowest BCUT2D eigenvalue weighted by Gasteiger charge is -2.29. The molecule has 2 nitrogen and oxygen atoms in total. The van der Waals surface area contributed by atoms with Crippen molar-refractivity contribution in [1.82, 2.24) is 10.4 Å². The van der Waals surface area contributed by atoms with Gasteiger partial charge in [-0.05, 0) is 54.5 Å². The van der Waals surface area contributed by atoms with Crippen molar-refractivity contribution in [2.75, 3.05) is 13.6 Å². The van der Waals surface area contributed by atoms with E-state index >= 15 is 0 Å². The van der Waals surface area contributed by atoms with Gasteiger partial charge in [0.15, 0.2) is 0 Å². The Morgan fingerprint density at radius 1 is 0.958 bits per heavy atom. The van der Waals surface area contributed by atoms with Gasteiger partial charge in [0, 0.05) is 19.2 Å². The van der Waals surface area contributed by atoms with Crippen molar-refractivity contribution in [3.63, 3.8) is 0 Å². The average molecular weight is 318 g/mol. The number of benzene rings is 2. The van der Waals surface area contributed by atoms with Gasteiger partial charge in [-0.25, -0.2) is 5.43 Å². The summed E-state index contributed by atoms with van der Waals surface area (Å²) in [6.45, 7) is 9.68. The molecule has 0 bridgehead atoms. The smallest absolute Gasteiger partial charge is 0.0633 e. The largest absolute Gasteiger partial charge is 0.308 e. The molecule has 0 unspecified atom stereocenters. The van der Waals surface area contributed by atoms with E-state index in [1.165, 1.54) is 39.1 Å². The molecule has 0 saturated carbocycles. The number of rotatable bonds is 3. The standard InChI is InChI=1S/C22H26N2/c1-5-24(23-4)22-17(3)20-12-7-6-10-18(20)15-14-16(2)19-11-8-9-13-21(19)22/h6-13,23H,2,5,14-15H2,1,3-4H3/b22-17+. The van der Waals surface area contributed by atoms with Crippen molar-refractivity contribution in [1.29, 1.82) is 0 Å². The Labute approximate surface area is 145 Å². The van der Waals surface area contributed by atoms with Crippen LogP contribution >= 0.6 is 0 Å². The van der Waals surface area contributed by atoms with E-state index in [1.54, 1.807) is 0 Å². The molecule has 3 rings (SSSR count). The van der Waals surface area contributed by atoms with Gasteiger partial charge in [-0.1, -0.05) is 55.1 Å². The van der Waals surface area contributed by atoms with Crippen molar-refractivity contribution >= 4 is 16.8 Å². The zero-order valence-corrected chi connectivity index (χ0v) is 14.9. The van der Waals surface area contributed by atoms with Crippen LogP contribution in [-0.2, 0) is 6.42 Å². The van der Waals surface area contributed by atoms with Gasteiger partial charge >= 0.3 is 0 Å². The Hall–Kier alpha value is -2.32. The summed E-state index contributed by atoms with van der Waals surface area (Å²) in [6.07, 6.45) is 2.01. The van der Waals surface area contributed by atoms with E-state index in [-0.39, 0.29) is 0 Å². The van der Waals surface area contributed by atoms with Gasteiger partial charge in [0.05, 0.1) is 5.70 Å². The maximum Gasteiger partial charge on any atom is 0.0633 e. The lowest BCUT2D eigenvalue weighted by molar-refractivity contribution is 0.336. The molecule has 0 spiro atoms. The molecule has 2 aromatic rings. The lowest BCUT2D eigenvalue weighted by Crippen LogP contribution is -2.34. The summed E-state index contributed by atoms with van der Waals surface area (Å²) in [6, 6.07) is 17.4. The van der Waals surface area contributed by atoms with Crippen LogP contribution in [0.25, 0.3) is 16.8 Å². The molecule has 0 fully saturated rings. The van der Waals surface area contributed by atoms with E-state index in [0.29, 0.717) is 0 Å². The Bertz CT molecular complexity index is 782. The van der Waals surface area contributed by atoms with Crippen LogP contribution in [0, 0.1) is 0 Å². The molecule has 0 saturated heterocycles. The Morgan fingerprint density at radius 3 is 2.25 bits per heavy atom. The first-order valence-electron chi connectivity index (χ1n) is 8.69. The number of aryl methyl sites for hydroxylation is 1. The molecule has 2 heteroatoms. The highest BCUT2D eigenvalue weighted by Crippen LogP contribution is 2.37. The van der Waals surface area contributed by atoms with Crippen molar-refractivity contribution in [3.8, 4) is 0 Å². The fourth-order valence-electron chi connectivity index (χ4n) is 3.63. The van der Waals surface area contributed by atoms with E-state index in [2.05, 4.69) is 79.4 Å². The van der Waals surface area contributed by atoms with Gasteiger partial charge in [0.2, 0.25) is 0 Å². The minimum atomic E-state index is 0.895. The SMILES string of the molecule is C=C1CCc2ccccc2/C(C)=C(/N(CC)NC)c2ccccc21. The molecule has 1 N–H and O–H groups in total. The first kappa shape index (κ1) is 16.5. The Morgan fingerprint density at radius 2 is 1.58 bits per heavy atom. The third-order valence-electron chi connectivity index (χ3n) is 4.89. The van der Waals surface area contributed by atoms with Gasteiger partial charge in [0.25, 0.3) is 0 Å². The van der Waals surface area contributed by atoms with Gasteiger partial charge in [-0.15, -0.1) is 0 Å². The zero-order chi connectivity index (χ0) is 17.1. The van der Waals surface area contributed by atoms with Gasteiger partial charge in [-0.3, -0.25) is 0 Å². The second kappa shape index (κ2) is 7.06. The van der Waals surface area contributed by atoms with Crippen molar-refractivity contribution < 1.29 is 0 Å². The third kappa shape index (κ3) is 2.90. The zero-order valence-electron chi connectivity index (χ0n) is 14.9. The molecular weight excluding hydrogens is 292 g/mol. The second-order valence-corrected chi connectivity index (χ2v) is 6.25. The first-order chi connectivity index (χ1) is 11.7. The molecule has 0 radical (unpaired) electrons.